The van der Waals surface area contributed by atoms with Gasteiger partial charge in [0, 0.05) is 15.9 Å². The molecule has 0 bridgehead atoms. The van der Waals surface area contributed by atoms with Crippen LogP contribution < -0.4 is 0 Å². The molecule has 0 aliphatic heterocycles. The van der Waals surface area contributed by atoms with Crippen LogP contribution in [0.1, 0.15) is 43.1 Å². The Hall–Kier alpha value is 0.300. The Morgan fingerprint density at radius 1 is 1.38 bits per heavy atom. The van der Waals surface area contributed by atoms with Crippen molar-refractivity contribution in [1.29, 1.82) is 0 Å². The molecule has 1 aliphatic rings. The highest BCUT2D eigenvalue weighted by Crippen LogP contribution is 2.33. The third-order valence-corrected chi connectivity index (χ3v) is 5.75. The van der Waals surface area contributed by atoms with Gasteiger partial charge in [-0.15, -0.1) is 11.3 Å². The predicted octanol–water partition coefficient (Wildman–Crippen LogP) is 4.50. The third-order valence-electron chi connectivity index (χ3n) is 2.96. The summed E-state index contributed by atoms with van der Waals surface area (Å²) in [6.07, 6.45) is 6.41. The number of thiophene rings is 1. The maximum Gasteiger partial charge on any atom is 0.0972 e. The average Bonchev–Trinajstić information content (AvgIpc) is 2.74. The molecule has 1 aromatic rings. The first-order valence-corrected chi connectivity index (χ1v) is 8.05. The van der Waals surface area contributed by atoms with Gasteiger partial charge < -0.3 is 5.11 Å². The van der Waals surface area contributed by atoms with Gasteiger partial charge in [0.05, 0.1) is 10.4 Å². The van der Waals surface area contributed by atoms with Gasteiger partial charge in [-0.25, -0.2) is 0 Å². The van der Waals surface area contributed by atoms with Crippen LogP contribution in [0, 0.1) is 0 Å². The number of hydrogen-bond acceptors (Lipinski definition) is 3. The summed E-state index contributed by atoms with van der Waals surface area (Å²) in [5.41, 5.74) is 0. The van der Waals surface area contributed by atoms with Gasteiger partial charge in [0.25, 0.3) is 0 Å². The Kier molecular flexibility index (Phi) is 5.01. The molecule has 4 heteroatoms. The first-order valence-electron chi connectivity index (χ1n) is 5.80. The molecule has 1 aliphatic carbocycles. The van der Waals surface area contributed by atoms with Crippen LogP contribution in [0.3, 0.4) is 0 Å². The van der Waals surface area contributed by atoms with Gasteiger partial charge in [-0.2, -0.15) is 11.8 Å². The maximum atomic E-state index is 10.00. The molecule has 90 valence electrons. The second-order valence-corrected chi connectivity index (χ2v) is 7.33. The molecule has 1 fully saturated rings. The SMILES string of the molecule is OC(CSC1CCCCC1)c1ccc(Cl)s1. The summed E-state index contributed by atoms with van der Waals surface area (Å²) in [6.45, 7) is 0. The van der Waals surface area contributed by atoms with Gasteiger partial charge in [0.1, 0.15) is 0 Å². The highest BCUT2D eigenvalue weighted by molar-refractivity contribution is 7.99. The molecule has 1 unspecified atom stereocenters. The first-order chi connectivity index (χ1) is 7.75. The van der Waals surface area contributed by atoms with Gasteiger partial charge in [-0.3, -0.25) is 0 Å². The van der Waals surface area contributed by atoms with Crippen LogP contribution in [-0.4, -0.2) is 16.1 Å². The van der Waals surface area contributed by atoms with Crippen molar-refractivity contribution in [2.45, 2.75) is 43.5 Å². The predicted molar refractivity (Wildman–Crippen MR) is 73.6 cm³/mol. The van der Waals surface area contributed by atoms with Crippen molar-refractivity contribution in [3.63, 3.8) is 0 Å². The highest BCUT2D eigenvalue weighted by atomic mass is 35.5. The van der Waals surface area contributed by atoms with E-state index in [1.807, 2.05) is 23.9 Å². The Bertz CT molecular complexity index is 321. The Morgan fingerprint density at radius 2 is 2.12 bits per heavy atom. The summed E-state index contributed by atoms with van der Waals surface area (Å²) in [7, 11) is 0. The molecule has 1 nitrogen and oxygen atoms in total. The molecular formula is C12H17ClOS2. The van der Waals surface area contributed by atoms with E-state index in [4.69, 9.17) is 11.6 Å². The van der Waals surface area contributed by atoms with Gasteiger partial charge in [-0.05, 0) is 25.0 Å². The van der Waals surface area contributed by atoms with E-state index in [9.17, 15) is 5.11 Å². The number of aliphatic hydroxyl groups is 1. The largest absolute Gasteiger partial charge is 0.387 e. The van der Waals surface area contributed by atoms with E-state index >= 15 is 0 Å². The molecule has 0 amide bonds. The maximum absolute atomic E-state index is 10.00. The average molecular weight is 277 g/mol. The number of halogens is 1. The molecule has 1 aromatic heterocycles. The van der Waals surface area contributed by atoms with Crippen molar-refractivity contribution >= 4 is 34.7 Å². The van der Waals surface area contributed by atoms with Gasteiger partial charge in [0.15, 0.2) is 0 Å². The van der Waals surface area contributed by atoms with Crippen molar-refractivity contribution in [3.05, 3.63) is 21.3 Å². The molecule has 0 spiro atoms. The summed E-state index contributed by atoms with van der Waals surface area (Å²) in [5.74, 6) is 0.807. The fourth-order valence-electron chi connectivity index (χ4n) is 2.05. The van der Waals surface area contributed by atoms with Crippen LogP contribution in [0.2, 0.25) is 4.34 Å². The van der Waals surface area contributed by atoms with Crippen molar-refractivity contribution in [1.82, 2.24) is 0 Å². The number of hydrogen-bond donors (Lipinski definition) is 1. The molecule has 1 N–H and O–H groups in total. The minimum absolute atomic E-state index is 0.343. The topological polar surface area (TPSA) is 20.2 Å². The quantitative estimate of drug-likeness (QED) is 0.874. The van der Waals surface area contributed by atoms with E-state index < -0.39 is 0 Å². The van der Waals surface area contributed by atoms with E-state index in [1.54, 1.807) is 0 Å². The molecule has 2 rings (SSSR count). The lowest BCUT2D eigenvalue weighted by Gasteiger charge is -2.21. The molecule has 1 heterocycles. The second-order valence-electron chi connectivity index (χ2n) is 4.25. The fraction of sp³-hybridized carbons (Fsp3) is 0.667. The Morgan fingerprint density at radius 3 is 2.75 bits per heavy atom. The third kappa shape index (κ3) is 3.66. The lowest BCUT2D eigenvalue weighted by molar-refractivity contribution is 0.207. The summed E-state index contributed by atoms with van der Waals surface area (Å²) in [4.78, 5) is 0.994. The molecule has 0 radical (unpaired) electrons. The van der Waals surface area contributed by atoms with Crippen molar-refractivity contribution in [2.75, 3.05) is 5.75 Å². The first kappa shape index (κ1) is 12.7. The van der Waals surface area contributed by atoms with Crippen LogP contribution in [0.15, 0.2) is 12.1 Å². The summed E-state index contributed by atoms with van der Waals surface area (Å²) >= 11 is 9.26. The lowest BCUT2D eigenvalue weighted by Crippen LogP contribution is -2.10. The van der Waals surface area contributed by atoms with E-state index in [-0.39, 0.29) is 6.10 Å². The van der Waals surface area contributed by atoms with Crippen LogP contribution >= 0.6 is 34.7 Å². The molecule has 1 saturated carbocycles. The van der Waals surface area contributed by atoms with Crippen molar-refractivity contribution in [3.8, 4) is 0 Å². The number of thioether (sulfide) groups is 1. The summed E-state index contributed by atoms with van der Waals surface area (Å²) in [6, 6.07) is 3.79. The van der Waals surface area contributed by atoms with E-state index in [0.29, 0.717) is 0 Å². The molecule has 0 aromatic carbocycles. The fourth-order valence-corrected chi connectivity index (χ4v) is 4.50. The normalized spacial score (nSPS) is 19.9. The zero-order valence-corrected chi connectivity index (χ0v) is 11.6. The van der Waals surface area contributed by atoms with Gasteiger partial charge in [0.2, 0.25) is 0 Å². The smallest absolute Gasteiger partial charge is 0.0972 e. The van der Waals surface area contributed by atoms with Crippen LogP contribution in [0.25, 0.3) is 0 Å². The molecule has 0 saturated heterocycles. The number of rotatable bonds is 4. The summed E-state index contributed by atoms with van der Waals surface area (Å²) < 4.78 is 0.761. The van der Waals surface area contributed by atoms with E-state index in [2.05, 4.69) is 0 Å². The van der Waals surface area contributed by atoms with Gasteiger partial charge in [-0.1, -0.05) is 30.9 Å². The standard InChI is InChI=1S/C12H17ClOS2/c13-12-7-6-11(16-12)10(14)8-15-9-4-2-1-3-5-9/h6-7,9-10,14H,1-5,8H2. The minimum Gasteiger partial charge on any atom is -0.387 e. The number of aliphatic hydroxyl groups excluding tert-OH is 1. The highest BCUT2D eigenvalue weighted by Gasteiger charge is 2.17. The zero-order chi connectivity index (χ0) is 11.4. The van der Waals surface area contributed by atoms with Crippen molar-refractivity contribution in [2.24, 2.45) is 0 Å². The van der Waals surface area contributed by atoms with Crippen LogP contribution in [-0.2, 0) is 0 Å². The molecule has 1 atom stereocenters. The van der Waals surface area contributed by atoms with E-state index in [0.717, 1.165) is 20.2 Å². The minimum atomic E-state index is -0.343. The van der Waals surface area contributed by atoms with E-state index in [1.165, 1.54) is 43.4 Å². The monoisotopic (exact) mass is 276 g/mol. The van der Waals surface area contributed by atoms with Gasteiger partial charge >= 0.3 is 0 Å². The Balaban J connectivity index is 1.76. The van der Waals surface area contributed by atoms with Crippen LogP contribution in [0.4, 0.5) is 0 Å². The van der Waals surface area contributed by atoms with Crippen molar-refractivity contribution < 1.29 is 5.11 Å². The summed E-state index contributed by atoms with van der Waals surface area (Å²) in [5, 5.41) is 10.8. The second kappa shape index (κ2) is 6.29. The van der Waals surface area contributed by atoms with Crippen LogP contribution in [0.5, 0.6) is 0 Å². The molecular weight excluding hydrogens is 260 g/mol. The Labute approximate surface area is 110 Å². The molecule has 16 heavy (non-hydrogen) atoms. The zero-order valence-electron chi connectivity index (χ0n) is 9.19. The lowest BCUT2D eigenvalue weighted by atomic mass is 10.0.